The van der Waals surface area contributed by atoms with Crippen LogP contribution in [-0.2, 0) is 65.4 Å². The molecule has 2 unspecified atom stereocenters. The third kappa shape index (κ3) is 64.6. The third-order valence-corrected chi connectivity index (χ3v) is 18.1. The first kappa shape index (κ1) is 87.1. The first-order valence-corrected chi connectivity index (χ1v) is 39.5. The van der Waals surface area contributed by atoms with Crippen molar-refractivity contribution in [2.24, 2.45) is 11.8 Å². The van der Waals surface area contributed by atoms with Gasteiger partial charge in [0.2, 0.25) is 0 Å². The zero-order chi connectivity index (χ0) is 65.7. The molecule has 0 aromatic carbocycles. The molecule has 0 saturated heterocycles. The Bertz CT molecular complexity index is 1730. The summed E-state index contributed by atoms with van der Waals surface area (Å²) < 4.78 is 68.2. The molecule has 5 atom stereocenters. The Morgan fingerprint density at radius 1 is 0.303 bits per heavy atom. The number of ether oxygens (including phenoxy) is 4. The SMILES string of the molecule is CCCCCCCCCCCCCCCCCC(=O)O[C@H](COC(=O)CCCCCCCCCCCCCC(C)C)COP(=O)(O)OC[C@@H](O)COP(=O)(O)OC[C@@H](COC(=O)CCCCCCCCCC)OC(=O)CCCCCCCCCCCC(C)C. The maximum Gasteiger partial charge on any atom is 0.472 e. The van der Waals surface area contributed by atoms with E-state index in [0.717, 1.165) is 108 Å². The van der Waals surface area contributed by atoms with E-state index in [0.29, 0.717) is 25.7 Å². The molecule has 17 nitrogen and oxygen atoms in total. The van der Waals surface area contributed by atoms with Gasteiger partial charge in [0.15, 0.2) is 12.2 Å². The minimum absolute atomic E-state index is 0.105. The van der Waals surface area contributed by atoms with E-state index in [9.17, 15) is 43.2 Å². The first-order chi connectivity index (χ1) is 42.9. The van der Waals surface area contributed by atoms with Gasteiger partial charge in [0.25, 0.3) is 0 Å². The van der Waals surface area contributed by atoms with Crippen LogP contribution in [0.25, 0.3) is 0 Å². The summed E-state index contributed by atoms with van der Waals surface area (Å²) in [5.74, 6) is -0.618. The van der Waals surface area contributed by atoms with E-state index in [2.05, 4.69) is 41.5 Å². The summed E-state index contributed by atoms with van der Waals surface area (Å²) in [4.78, 5) is 72.5. The van der Waals surface area contributed by atoms with Crippen LogP contribution in [-0.4, -0.2) is 96.7 Å². The molecular weight excluding hydrogens is 1170 g/mol. The molecule has 3 N–H and O–H groups in total. The topological polar surface area (TPSA) is 237 Å². The number of hydrogen-bond acceptors (Lipinski definition) is 15. The molecule has 0 saturated carbocycles. The van der Waals surface area contributed by atoms with Gasteiger partial charge in [-0.05, 0) is 37.5 Å². The van der Waals surface area contributed by atoms with Gasteiger partial charge in [0.05, 0.1) is 26.4 Å². The summed E-state index contributed by atoms with van der Waals surface area (Å²) in [6.07, 6.45) is 47.2. The van der Waals surface area contributed by atoms with Gasteiger partial charge in [0.1, 0.15) is 19.3 Å². The van der Waals surface area contributed by atoms with Crippen LogP contribution in [0.2, 0.25) is 0 Å². The lowest BCUT2D eigenvalue weighted by atomic mass is 10.0. The molecule has 0 aliphatic carbocycles. The summed E-state index contributed by atoms with van der Waals surface area (Å²) >= 11 is 0. The summed E-state index contributed by atoms with van der Waals surface area (Å²) in [6.45, 7) is 9.51. The van der Waals surface area contributed by atoms with E-state index in [-0.39, 0.29) is 25.7 Å². The average molecular weight is 1310 g/mol. The van der Waals surface area contributed by atoms with Crippen molar-refractivity contribution >= 4 is 39.5 Å². The Labute approximate surface area is 543 Å². The number of esters is 4. The third-order valence-electron chi connectivity index (χ3n) is 16.2. The van der Waals surface area contributed by atoms with Gasteiger partial charge in [-0.1, -0.05) is 305 Å². The van der Waals surface area contributed by atoms with Crippen LogP contribution in [0.3, 0.4) is 0 Å². The van der Waals surface area contributed by atoms with Crippen LogP contribution < -0.4 is 0 Å². The summed E-state index contributed by atoms with van der Waals surface area (Å²) in [7, 11) is -9.90. The molecule has 0 aliphatic heterocycles. The van der Waals surface area contributed by atoms with E-state index < -0.39 is 97.5 Å². The molecule has 0 amide bonds. The van der Waals surface area contributed by atoms with Gasteiger partial charge in [-0.2, -0.15) is 0 Å². The van der Waals surface area contributed by atoms with Crippen LogP contribution in [0, 0.1) is 11.8 Å². The normalized spacial score (nSPS) is 14.1. The Morgan fingerprint density at radius 3 is 0.764 bits per heavy atom. The van der Waals surface area contributed by atoms with Gasteiger partial charge in [0, 0.05) is 25.7 Å². The van der Waals surface area contributed by atoms with Gasteiger partial charge >= 0.3 is 39.5 Å². The minimum atomic E-state index is -4.95. The molecule has 0 rings (SSSR count). The Balaban J connectivity index is 5.23. The smallest absolute Gasteiger partial charge is 0.462 e. The second kappa shape index (κ2) is 62.2. The number of aliphatic hydroxyl groups is 1. The fourth-order valence-electron chi connectivity index (χ4n) is 10.6. The highest BCUT2D eigenvalue weighted by atomic mass is 31.2. The molecule has 0 radical (unpaired) electrons. The fraction of sp³-hybridized carbons (Fsp3) is 0.943. The summed E-state index contributed by atoms with van der Waals surface area (Å²) in [5, 5.41) is 10.6. The number of carbonyl (C=O) groups excluding carboxylic acids is 4. The molecule has 0 bridgehead atoms. The van der Waals surface area contributed by atoms with Gasteiger partial charge < -0.3 is 33.8 Å². The predicted molar refractivity (Wildman–Crippen MR) is 358 cm³/mol. The number of phosphoric acid groups is 2. The zero-order valence-electron chi connectivity index (χ0n) is 57.7. The maximum atomic E-state index is 13.0. The largest absolute Gasteiger partial charge is 0.472 e. The number of phosphoric ester groups is 2. The van der Waals surface area contributed by atoms with E-state index >= 15 is 0 Å². The number of unbranched alkanes of at least 4 members (excludes halogenated alkanes) is 39. The summed E-state index contributed by atoms with van der Waals surface area (Å²) in [5.41, 5.74) is 0. The lowest BCUT2D eigenvalue weighted by molar-refractivity contribution is -0.161. The van der Waals surface area contributed by atoms with Gasteiger partial charge in [-0.25, -0.2) is 9.13 Å². The van der Waals surface area contributed by atoms with Crippen LogP contribution in [0.4, 0.5) is 0 Å². The molecule has 89 heavy (non-hydrogen) atoms. The van der Waals surface area contributed by atoms with Crippen molar-refractivity contribution in [2.75, 3.05) is 39.6 Å². The van der Waals surface area contributed by atoms with Crippen molar-refractivity contribution in [2.45, 2.75) is 374 Å². The van der Waals surface area contributed by atoms with Crippen LogP contribution in [0.15, 0.2) is 0 Å². The predicted octanol–water partition coefficient (Wildman–Crippen LogP) is 20.0. The van der Waals surface area contributed by atoms with Crippen molar-refractivity contribution in [3.05, 3.63) is 0 Å². The quantitative estimate of drug-likeness (QED) is 0.0222. The maximum absolute atomic E-state index is 13.0. The highest BCUT2D eigenvalue weighted by Crippen LogP contribution is 2.45. The van der Waals surface area contributed by atoms with E-state index in [1.165, 1.54) is 167 Å². The standard InChI is InChI=1S/C70H136O17P2/c1-7-9-11-13-15-17-18-19-20-21-24-30-36-42-48-54-69(74)86-66(59-81-68(73)53-47-41-35-29-25-22-23-27-32-38-44-50-62(3)4)61-85-89(78,79)83-57-64(71)56-82-88(76,77)84-60-65(58-80-67(72)52-46-40-34-16-14-12-10-8-2)87-70(75)55-49-43-37-31-26-28-33-39-45-51-63(5)6/h62-66,71H,7-61H2,1-6H3,(H,76,77)(H,78,79)/t64-,65+,66+/m0/s1. The lowest BCUT2D eigenvalue weighted by Crippen LogP contribution is -2.30. The number of rotatable bonds is 69. The molecular formula is C70H136O17P2. The first-order valence-electron chi connectivity index (χ1n) is 36.5. The highest BCUT2D eigenvalue weighted by Gasteiger charge is 2.30. The Hall–Kier alpha value is -1.94. The molecule has 0 heterocycles. The van der Waals surface area contributed by atoms with Crippen molar-refractivity contribution < 1.29 is 80.2 Å². The van der Waals surface area contributed by atoms with E-state index in [1.54, 1.807) is 0 Å². The van der Waals surface area contributed by atoms with Crippen LogP contribution in [0.5, 0.6) is 0 Å². The molecule has 19 heteroatoms. The zero-order valence-corrected chi connectivity index (χ0v) is 59.5. The number of aliphatic hydroxyl groups excluding tert-OH is 1. The molecule has 0 aliphatic rings. The average Bonchev–Trinajstić information content (AvgIpc) is 3.56. The molecule has 0 aromatic rings. The second-order valence-electron chi connectivity index (χ2n) is 26.2. The lowest BCUT2D eigenvalue weighted by Gasteiger charge is -2.21. The molecule has 528 valence electrons. The van der Waals surface area contributed by atoms with E-state index in [1.807, 2.05) is 0 Å². The van der Waals surface area contributed by atoms with Crippen molar-refractivity contribution in [1.82, 2.24) is 0 Å². The Morgan fingerprint density at radius 2 is 0.517 bits per heavy atom. The molecule has 0 aromatic heterocycles. The second-order valence-corrected chi connectivity index (χ2v) is 29.1. The molecule has 0 fully saturated rings. The van der Waals surface area contributed by atoms with Gasteiger partial charge in [-0.15, -0.1) is 0 Å². The van der Waals surface area contributed by atoms with Crippen LogP contribution >= 0.6 is 15.6 Å². The van der Waals surface area contributed by atoms with Gasteiger partial charge in [-0.3, -0.25) is 37.3 Å². The monoisotopic (exact) mass is 1310 g/mol. The van der Waals surface area contributed by atoms with Crippen molar-refractivity contribution in [3.8, 4) is 0 Å². The Kier molecular flexibility index (Phi) is 60.8. The molecule has 0 spiro atoms. The fourth-order valence-corrected chi connectivity index (χ4v) is 12.2. The van der Waals surface area contributed by atoms with Crippen molar-refractivity contribution in [1.29, 1.82) is 0 Å². The number of hydrogen-bond donors (Lipinski definition) is 3. The van der Waals surface area contributed by atoms with Crippen molar-refractivity contribution in [3.63, 3.8) is 0 Å². The number of carbonyl (C=O) groups is 4. The highest BCUT2D eigenvalue weighted by molar-refractivity contribution is 7.47. The van der Waals surface area contributed by atoms with Crippen LogP contribution in [0.1, 0.15) is 356 Å². The summed E-state index contributed by atoms with van der Waals surface area (Å²) in [6, 6.07) is 0. The van der Waals surface area contributed by atoms with E-state index in [4.69, 9.17) is 37.0 Å². The minimum Gasteiger partial charge on any atom is -0.462 e.